The van der Waals surface area contributed by atoms with E-state index in [1.807, 2.05) is 0 Å². The number of para-hydroxylation sites is 2. The maximum Gasteiger partial charge on any atom is 0.0544 e. The lowest BCUT2D eigenvalue weighted by Gasteiger charge is -2.22. The first kappa shape index (κ1) is 29.1. The molecule has 244 valence electrons. The summed E-state index contributed by atoms with van der Waals surface area (Å²) in [6.45, 7) is 0. The smallest absolute Gasteiger partial charge is 0.0544 e. The van der Waals surface area contributed by atoms with Crippen LogP contribution in [0.4, 0.5) is 0 Å². The second kappa shape index (κ2) is 11.4. The molecule has 0 saturated heterocycles. The molecule has 0 amide bonds. The average Bonchev–Trinajstić information content (AvgIpc) is 3.74. The van der Waals surface area contributed by atoms with Gasteiger partial charge in [-0.2, -0.15) is 0 Å². The highest BCUT2D eigenvalue weighted by atomic mass is 15.0. The van der Waals surface area contributed by atoms with Gasteiger partial charge in [0.2, 0.25) is 0 Å². The summed E-state index contributed by atoms with van der Waals surface area (Å²) in [6, 6.07) is 66.7. The van der Waals surface area contributed by atoms with Crippen LogP contribution in [0.25, 0.3) is 77.2 Å². The number of aromatic nitrogens is 2. The van der Waals surface area contributed by atoms with E-state index in [0.717, 1.165) is 12.8 Å². The van der Waals surface area contributed by atoms with Crippen molar-refractivity contribution in [1.82, 2.24) is 9.13 Å². The average molecular weight is 663 g/mol. The Hall–Kier alpha value is -6.64. The van der Waals surface area contributed by atoms with E-state index in [4.69, 9.17) is 0 Å². The number of rotatable bonds is 4. The van der Waals surface area contributed by atoms with E-state index in [1.165, 1.54) is 99.5 Å². The standard InChI is InChI=1S/C50H34N2/c1-3-11-33(12-4-1)35-19-25-39(26-20-35)51-45-17-9-7-15-41(45)49-43-31-38-24-30-48-50(44(38)32-37(43)23-29-47(49)51)42-16-8-10-18-46(42)52(48)40-27-21-36(22-28-40)34-13-5-2-6-14-34/h1-30H,31-32H2. The van der Waals surface area contributed by atoms with E-state index in [-0.39, 0.29) is 0 Å². The van der Waals surface area contributed by atoms with E-state index in [9.17, 15) is 0 Å². The number of hydrogen-bond donors (Lipinski definition) is 0. The minimum absolute atomic E-state index is 0.921. The molecule has 2 nitrogen and oxygen atoms in total. The maximum absolute atomic E-state index is 2.45. The molecular weight excluding hydrogens is 629 g/mol. The highest BCUT2D eigenvalue weighted by molar-refractivity contribution is 6.13. The molecule has 0 aliphatic heterocycles. The molecule has 2 aromatic heterocycles. The number of hydrogen-bond acceptors (Lipinski definition) is 0. The fourth-order valence-electron chi connectivity index (χ4n) is 8.89. The Morgan fingerprint density at radius 3 is 1.08 bits per heavy atom. The van der Waals surface area contributed by atoms with Crippen LogP contribution in [0.5, 0.6) is 0 Å². The van der Waals surface area contributed by atoms with Crippen molar-refractivity contribution in [2.75, 3.05) is 0 Å². The minimum Gasteiger partial charge on any atom is -0.309 e. The molecule has 0 radical (unpaired) electrons. The first-order chi connectivity index (χ1) is 25.8. The second-order valence-corrected chi connectivity index (χ2v) is 14.1. The molecule has 2 heterocycles. The summed E-state index contributed by atoms with van der Waals surface area (Å²) >= 11 is 0. The number of nitrogens with zero attached hydrogens (tertiary/aromatic N) is 2. The lowest BCUT2D eigenvalue weighted by Crippen LogP contribution is -2.09. The summed E-state index contributed by atoms with van der Waals surface area (Å²) in [4.78, 5) is 0. The zero-order valence-electron chi connectivity index (χ0n) is 28.6. The van der Waals surface area contributed by atoms with Crippen molar-refractivity contribution < 1.29 is 0 Å². The lowest BCUT2D eigenvalue weighted by molar-refractivity contribution is 1.02. The van der Waals surface area contributed by atoms with Gasteiger partial charge in [0.05, 0.1) is 22.1 Å². The molecule has 1 aliphatic rings. The molecule has 11 rings (SSSR count). The Bertz CT molecular complexity index is 2760. The first-order valence-corrected chi connectivity index (χ1v) is 18.2. The molecule has 0 atom stereocenters. The van der Waals surface area contributed by atoms with Crippen LogP contribution in [0, 0.1) is 0 Å². The molecule has 10 aromatic rings. The van der Waals surface area contributed by atoms with Crippen LogP contribution in [0.3, 0.4) is 0 Å². The summed E-state index contributed by atoms with van der Waals surface area (Å²) in [7, 11) is 0. The van der Waals surface area contributed by atoms with Crippen molar-refractivity contribution in [3.63, 3.8) is 0 Å². The quantitative estimate of drug-likeness (QED) is 0.177. The Balaban J connectivity index is 1.05. The minimum atomic E-state index is 0.921. The molecular formula is C50H34N2. The van der Waals surface area contributed by atoms with Gasteiger partial charge in [-0.05, 0) is 106 Å². The molecule has 0 spiro atoms. The van der Waals surface area contributed by atoms with Crippen molar-refractivity contribution in [1.29, 1.82) is 0 Å². The second-order valence-electron chi connectivity index (χ2n) is 14.1. The molecule has 8 aromatic carbocycles. The van der Waals surface area contributed by atoms with Crippen LogP contribution < -0.4 is 0 Å². The van der Waals surface area contributed by atoms with Gasteiger partial charge in [-0.25, -0.2) is 0 Å². The van der Waals surface area contributed by atoms with Gasteiger partial charge in [0.15, 0.2) is 0 Å². The zero-order valence-corrected chi connectivity index (χ0v) is 28.6. The van der Waals surface area contributed by atoms with E-state index in [1.54, 1.807) is 0 Å². The van der Waals surface area contributed by atoms with Crippen LogP contribution in [-0.2, 0) is 12.8 Å². The topological polar surface area (TPSA) is 9.86 Å². The predicted molar refractivity (Wildman–Crippen MR) is 218 cm³/mol. The summed E-state index contributed by atoms with van der Waals surface area (Å²) in [5, 5.41) is 5.40. The van der Waals surface area contributed by atoms with Crippen LogP contribution >= 0.6 is 0 Å². The summed E-state index contributed by atoms with van der Waals surface area (Å²) in [6.07, 6.45) is 1.84. The summed E-state index contributed by atoms with van der Waals surface area (Å²) in [5.41, 5.74) is 18.1. The van der Waals surface area contributed by atoms with Crippen LogP contribution in [0.15, 0.2) is 182 Å². The number of benzene rings is 8. The highest BCUT2D eigenvalue weighted by Gasteiger charge is 2.25. The normalized spacial score (nSPS) is 12.5. The maximum atomic E-state index is 2.45. The molecule has 2 heteroatoms. The van der Waals surface area contributed by atoms with Crippen molar-refractivity contribution in [2.45, 2.75) is 12.8 Å². The van der Waals surface area contributed by atoms with Gasteiger partial charge >= 0.3 is 0 Å². The molecule has 0 fully saturated rings. The predicted octanol–water partition coefficient (Wildman–Crippen LogP) is 12.7. The lowest BCUT2D eigenvalue weighted by atomic mass is 9.82. The van der Waals surface area contributed by atoms with Crippen LogP contribution in [-0.4, -0.2) is 9.13 Å². The number of fused-ring (bicyclic) bond motifs is 10. The Labute approximate surface area is 302 Å². The molecule has 0 saturated carbocycles. The fourth-order valence-corrected chi connectivity index (χ4v) is 8.89. The molecule has 52 heavy (non-hydrogen) atoms. The fraction of sp³-hybridized carbons (Fsp3) is 0.0400. The van der Waals surface area contributed by atoms with Crippen molar-refractivity contribution in [2.24, 2.45) is 0 Å². The van der Waals surface area contributed by atoms with Crippen molar-refractivity contribution in [3.05, 3.63) is 204 Å². The van der Waals surface area contributed by atoms with Gasteiger partial charge in [-0.3, -0.25) is 0 Å². The summed E-state index contributed by atoms with van der Waals surface area (Å²) in [5.74, 6) is 0. The largest absolute Gasteiger partial charge is 0.309 e. The molecule has 1 aliphatic carbocycles. The van der Waals surface area contributed by atoms with Gasteiger partial charge < -0.3 is 9.13 Å². The van der Waals surface area contributed by atoms with Gasteiger partial charge in [0.25, 0.3) is 0 Å². The highest BCUT2D eigenvalue weighted by Crippen LogP contribution is 2.43. The monoisotopic (exact) mass is 662 g/mol. The molecule has 0 bridgehead atoms. The van der Waals surface area contributed by atoms with E-state index in [2.05, 4.69) is 191 Å². The van der Waals surface area contributed by atoms with Gasteiger partial charge in [0, 0.05) is 32.9 Å². The third-order valence-electron chi connectivity index (χ3n) is 11.3. The first-order valence-electron chi connectivity index (χ1n) is 18.2. The van der Waals surface area contributed by atoms with Crippen molar-refractivity contribution >= 4 is 43.6 Å². The third-order valence-corrected chi connectivity index (χ3v) is 11.3. The van der Waals surface area contributed by atoms with E-state index >= 15 is 0 Å². The van der Waals surface area contributed by atoms with E-state index in [0.29, 0.717) is 0 Å². The summed E-state index contributed by atoms with van der Waals surface area (Å²) < 4.78 is 4.91. The van der Waals surface area contributed by atoms with Gasteiger partial charge in [-0.15, -0.1) is 0 Å². The Morgan fingerprint density at radius 1 is 0.288 bits per heavy atom. The van der Waals surface area contributed by atoms with Crippen molar-refractivity contribution in [3.8, 4) is 33.6 Å². The van der Waals surface area contributed by atoms with Gasteiger partial charge in [-0.1, -0.05) is 133 Å². The van der Waals surface area contributed by atoms with Crippen LogP contribution in [0.1, 0.15) is 22.3 Å². The Morgan fingerprint density at radius 2 is 0.654 bits per heavy atom. The van der Waals surface area contributed by atoms with Crippen LogP contribution in [0.2, 0.25) is 0 Å². The Kier molecular flexibility index (Phi) is 6.41. The molecule has 0 N–H and O–H groups in total. The van der Waals surface area contributed by atoms with E-state index < -0.39 is 0 Å². The van der Waals surface area contributed by atoms with Gasteiger partial charge in [0.1, 0.15) is 0 Å². The SMILES string of the molecule is c1ccc(-c2ccc(-n3c4ccccc4c4c5c(ccc43)Cc3c(ccc4c3c3ccccc3n4-c3ccc(-c4ccccc4)cc3)C5)cc2)cc1. The zero-order chi connectivity index (χ0) is 34.2. The molecule has 0 unspecified atom stereocenters. The third kappa shape index (κ3) is 4.37.